The van der Waals surface area contributed by atoms with Crippen LogP contribution in [0.15, 0.2) is 42.6 Å². The quantitative estimate of drug-likeness (QED) is 0.835. The average Bonchev–Trinajstić information content (AvgIpc) is 2.43. The molecule has 0 radical (unpaired) electrons. The Kier molecular flexibility index (Phi) is 4.17. The molecule has 2 aromatic rings. The molecule has 2 N–H and O–H groups in total. The Balaban J connectivity index is 2.57. The van der Waals surface area contributed by atoms with Gasteiger partial charge in [-0.2, -0.15) is 0 Å². The number of hydrogen-bond acceptors (Lipinski definition) is 3. The van der Waals surface area contributed by atoms with Crippen LogP contribution in [0.1, 0.15) is 19.4 Å². The Labute approximate surface area is 114 Å². The Hall–Kier alpha value is -1.87. The van der Waals surface area contributed by atoms with Crippen molar-refractivity contribution in [2.45, 2.75) is 20.4 Å². The van der Waals surface area contributed by atoms with Crippen molar-refractivity contribution in [1.29, 1.82) is 0 Å². The van der Waals surface area contributed by atoms with Crippen molar-refractivity contribution >= 4 is 16.6 Å². The van der Waals surface area contributed by atoms with Gasteiger partial charge in [0.25, 0.3) is 0 Å². The van der Waals surface area contributed by atoms with Gasteiger partial charge in [0.05, 0.1) is 0 Å². The van der Waals surface area contributed by atoms with Crippen molar-refractivity contribution in [2.24, 2.45) is 5.73 Å². The highest BCUT2D eigenvalue weighted by Crippen LogP contribution is 2.27. The summed E-state index contributed by atoms with van der Waals surface area (Å²) in [6.45, 7) is 10.4. The zero-order chi connectivity index (χ0) is 13.8. The first-order valence-electron chi connectivity index (χ1n) is 6.63. The van der Waals surface area contributed by atoms with E-state index in [4.69, 9.17) is 5.73 Å². The summed E-state index contributed by atoms with van der Waals surface area (Å²) < 4.78 is 0. The third kappa shape index (κ3) is 2.76. The normalized spacial score (nSPS) is 10.7. The number of nitrogens with zero attached hydrogens (tertiary/aromatic N) is 2. The molecule has 1 aromatic carbocycles. The van der Waals surface area contributed by atoms with Gasteiger partial charge in [-0.05, 0) is 24.8 Å². The predicted molar refractivity (Wildman–Crippen MR) is 82.3 cm³/mol. The minimum absolute atomic E-state index is 0.514. The molecule has 0 aliphatic carbocycles. The summed E-state index contributed by atoms with van der Waals surface area (Å²) in [5.74, 6) is 1.01. The number of benzene rings is 1. The lowest BCUT2D eigenvalue weighted by Gasteiger charge is -2.24. The van der Waals surface area contributed by atoms with Gasteiger partial charge in [0, 0.05) is 31.2 Å². The van der Waals surface area contributed by atoms with Gasteiger partial charge >= 0.3 is 0 Å². The molecule has 0 saturated carbocycles. The Morgan fingerprint density at radius 2 is 2.00 bits per heavy atom. The minimum atomic E-state index is 0.514. The molecule has 0 aliphatic heterocycles. The molecular formula is C16H21N3. The summed E-state index contributed by atoms with van der Waals surface area (Å²) >= 11 is 0. The molecule has 2 rings (SSSR count). The Bertz CT molecular complexity index is 590. The molecular weight excluding hydrogens is 234 g/mol. The number of likely N-dealkylation sites (N-methyl/N-ethyl adjacent to an activating group) is 1. The molecule has 0 unspecified atom stereocenters. The fourth-order valence-corrected chi connectivity index (χ4v) is 2.31. The fraction of sp³-hybridized carbons (Fsp3) is 0.312. The largest absolute Gasteiger partial charge is 0.352 e. The molecule has 0 spiro atoms. The van der Waals surface area contributed by atoms with Crippen LogP contribution in [0.3, 0.4) is 0 Å². The molecule has 3 nitrogen and oxygen atoms in total. The minimum Gasteiger partial charge on any atom is -0.352 e. The van der Waals surface area contributed by atoms with Crippen LogP contribution in [-0.4, -0.2) is 18.1 Å². The monoisotopic (exact) mass is 255 g/mol. The maximum Gasteiger partial charge on any atom is 0.136 e. The predicted octanol–water partition coefficient (Wildman–Crippen LogP) is 3.10. The fourth-order valence-electron chi connectivity index (χ4n) is 2.31. The lowest BCUT2D eigenvalue weighted by atomic mass is 10.1. The smallest absolute Gasteiger partial charge is 0.136 e. The van der Waals surface area contributed by atoms with E-state index < -0.39 is 0 Å². The SMILES string of the molecule is C=C(C)CN(CC)c1ncc(CN)c2ccccc12. The topological polar surface area (TPSA) is 42.2 Å². The van der Waals surface area contributed by atoms with E-state index >= 15 is 0 Å². The highest BCUT2D eigenvalue weighted by Gasteiger charge is 2.12. The van der Waals surface area contributed by atoms with E-state index in [1.165, 1.54) is 5.39 Å². The summed E-state index contributed by atoms with van der Waals surface area (Å²) in [7, 11) is 0. The summed E-state index contributed by atoms with van der Waals surface area (Å²) in [5.41, 5.74) is 8.01. The number of hydrogen-bond donors (Lipinski definition) is 1. The van der Waals surface area contributed by atoms with Gasteiger partial charge in [-0.3, -0.25) is 0 Å². The van der Waals surface area contributed by atoms with E-state index in [0.29, 0.717) is 6.54 Å². The van der Waals surface area contributed by atoms with E-state index in [1.54, 1.807) is 0 Å². The van der Waals surface area contributed by atoms with E-state index in [-0.39, 0.29) is 0 Å². The molecule has 0 saturated heterocycles. The molecule has 1 aromatic heterocycles. The van der Waals surface area contributed by atoms with Gasteiger partial charge in [-0.15, -0.1) is 0 Å². The zero-order valence-electron chi connectivity index (χ0n) is 11.7. The number of fused-ring (bicyclic) bond motifs is 1. The standard InChI is InChI=1S/C16H21N3/c1-4-19(11-12(2)3)16-15-8-6-5-7-14(15)13(9-17)10-18-16/h5-8,10H,2,4,9,11,17H2,1,3H3. The average molecular weight is 255 g/mol. The van der Waals surface area contributed by atoms with Crippen LogP contribution in [0.25, 0.3) is 10.8 Å². The van der Waals surface area contributed by atoms with Crippen LogP contribution >= 0.6 is 0 Å². The van der Waals surface area contributed by atoms with Crippen molar-refractivity contribution in [2.75, 3.05) is 18.0 Å². The second-order valence-electron chi connectivity index (χ2n) is 4.83. The first kappa shape index (κ1) is 13.6. The van der Waals surface area contributed by atoms with E-state index in [2.05, 4.69) is 35.5 Å². The van der Waals surface area contributed by atoms with Crippen LogP contribution in [0, 0.1) is 0 Å². The Morgan fingerprint density at radius 1 is 1.32 bits per heavy atom. The number of pyridine rings is 1. The molecule has 3 heteroatoms. The van der Waals surface area contributed by atoms with Crippen molar-refractivity contribution < 1.29 is 0 Å². The summed E-state index contributed by atoms with van der Waals surface area (Å²) in [6, 6.07) is 8.30. The number of anilines is 1. The maximum absolute atomic E-state index is 5.79. The van der Waals surface area contributed by atoms with Crippen LogP contribution < -0.4 is 10.6 Å². The first-order valence-corrected chi connectivity index (χ1v) is 6.63. The van der Waals surface area contributed by atoms with Crippen LogP contribution in [-0.2, 0) is 6.54 Å². The number of nitrogens with two attached hydrogens (primary N) is 1. The molecule has 0 bridgehead atoms. The molecule has 0 fully saturated rings. The lowest BCUT2D eigenvalue weighted by Crippen LogP contribution is -2.25. The van der Waals surface area contributed by atoms with Crippen molar-refractivity contribution in [1.82, 2.24) is 4.98 Å². The molecule has 19 heavy (non-hydrogen) atoms. The van der Waals surface area contributed by atoms with Gasteiger partial charge in [0.2, 0.25) is 0 Å². The summed E-state index contributed by atoms with van der Waals surface area (Å²) in [6.07, 6.45) is 1.89. The second kappa shape index (κ2) is 5.85. The second-order valence-corrected chi connectivity index (χ2v) is 4.83. The highest BCUT2D eigenvalue weighted by atomic mass is 15.2. The van der Waals surface area contributed by atoms with Crippen LogP contribution in [0.4, 0.5) is 5.82 Å². The molecule has 1 heterocycles. The molecule has 0 atom stereocenters. The zero-order valence-corrected chi connectivity index (χ0v) is 11.7. The van der Waals surface area contributed by atoms with Gasteiger partial charge in [0.15, 0.2) is 0 Å². The summed E-state index contributed by atoms with van der Waals surface area (Å²) in [5, 5.41) is 2.35. The van der Waals surface area contributed by atoms with Gasteiger partial charge in [0.1, 0.15) is 5.82 Å². The lowest BCUT2D eigenvalue weighted by molar-refractivity contribution is 0.863. The van der Waals surface area contributed by atoms with E-state index in [1.807, 2.05) is 25.3 Å². The third-order valence-electron chi connectivity index (χ3n) is 3.22. The van der Waals surface area contributed by atoms with Crippen molar-refractivity contribution in [3.63, 3.8) is 0 Å². The van der Waals surface area contributed by atoms with Crippen LogP contribution in [0.5, 0.6) is 0 Å². The highest BCUT2D eigenvalue weighted by molar-refractivity contribution is 5.94. The molecule has 0 amide bonds. The molecule has 0 aliphatic rings. The van der Waals surface area contributed by atoms with Gasteiger partial charge < -0.3 is 10.6 Å². The van der Waals surface area contributed by atoms with E-state index in [9.17, 15) is 0 Å². The summed E-state index contributed by atoms with van der Waals surface area (Å²) in [4.78, 5) is 6.85. The van der Waals surface area contributed by atoms with Crippen molar-refractivity contribution in [3.8, 4) is 0 Å². The number of aromatic nitrogens is 1. The van der Waals surface area contributed by atoms with Crippen molar-refractivity contribution in [3.05, 3.63) is 48.2 Å². The maximum atomic E-state index is 5.79. The molecule has 100 valence electrons. The third-order valence-corrected chi connectivity index (χ3v) is 3.22. The van der Waals surface area contributed by atoms with Gasteiger partial charge in [-0.25, -0.2) is 4.98 Å². The number of rotatable bonds is 5. The first-order chi connectivity index (χ1) is 9.17. The van der Waals surface area contributed by atoms with Gasteiger partial charge in [-0.1, -0.05) is 36.4 Å². The Morgan fingerprint density at radius 3 is 2.58 bits per heavy atom. The van der Waals surface area contributed by atoms with Crippen LogP contribution in [0.2, 0.25) is 0 Å². The van der Waals surface area contributed by atoms with E-state index in [0.717, 1.165) is 35.4 Å².